The monoisotopic (exact) mass is 474 g/mol. The Morgan fingerprint density at radius 1 is 0.882 bits per heavy atom. The van der Waals surface area contributed by atoms with Gasteiger partial charge in [0.2, 0.25) is 5.95 Å². The molecule has 4 rings (SSSR count). The minimum atomic E-state index is -0.303. The van der Waals surface area contributed by atoms with Gasteiger partial charge < -0.3 is 21.1 Å². The Morgan fingerprint density at radius 2 is 1.59 bits per heavy atom. The highest BCUT2D eigenvalue weighted by Gasteiger charge is 2.19. The number of phenols is 2. The Bertz CT molecular complexity index is 1250. The Kier molecular flexibility index (Phi) is 7.20. The number of rotatable bonds is 8. The zero-order valence-electron chi connectivity index (χ0n) is 18.4. The molecule has 0 aliphatic heterocycles. The Balaban J connectivity index is 1.62. The average molecular weight is 475 g/mol. The van der Waals surface area contributed by atoms with Crippen LogP contribution in [-0.4, -0.2) is 37.9 Å². The van der Waals surface area contributed by atoms with Crippen LogP contribution in [0, 0.1) is 0 Å². The van der Waals surface area contributed by atoms with Crippen molar-refractivity contribution in [1.82, 2.24) is 9.97 Å². The zero-order valence-corrected chi connectivity index (χ0v) is 19.3. The van der Waals surface area contributed by atoms with Crippen molar-refractivity contribution in [3.8, 4) is 33.9 Å². The predicted octanol–water partition coefficient (Wildman–Crippen LogP) is 4.45. The highest BCUT2D eigenvalue weighted by molar-refractivity contribution is 7.81. The van der Waals surface area contributed by atoms with Gasteiger partial charge in [-0.3, -0.25) is 4.31 Å². The first kappa shape index (κ1) is 23.4. The molecule has 1 atom stereocenters. The third-order valence-corrected chi connectivity index (χ3v) is 6.13. The van der Waals surface area contributed by atoms with E-state index in [1.165, 1.54) is 5.56 Å². The molecule has 1 aromatic heterocycles. The molecule has 0 aliphatic rings. The molecule has 0 amide bonds. The molecule has 8 heteroatoms. The second-order valence-electron chi connectivity index (χ2n) is 7.95. The first-order valence-electron chi connectivity index (χ1n) is 10.8. The van der Waals surface area contributed by atoms with Crippen LogP contribution in [0.5, 0.6) is 11.5 Å². The van der Waals surface area contributed by atoms with Crippen LogP contribution in [0.2, 0.25) is 0 Å². The van der Waals surface area contributed by atoms with Crippen molar-refractivity contribution in [2.24, 2.45) is 0 Å². The number of hydrogen-bond acceptors (Lipinski definition) is 8. The molecular weight excluding hydrogens is 448 g/mol. The van der Waals surface area contributed by atoms with E-state index in [1.54, 1.807) is 52.8 Å². The third kappa shape index (κ3) is 5.41. The number of phenolic OH excluding ortho intramolecular Hbond substituents is 2. The number of thiol groups is 1. The van der Waals surface area contributed by atoms with Gasteiger partial charge in [0.25, 0.3) is 0 Å². The molecule has 7 nitrogen and oxygen atoms in total. The first-order valence-corrected chi connectivity index (χ1v) is 11.2. The normalized spacial score (nSPS) is 11.8. The maximum atomic E-state index is 10.6. The number of aromatic hydroxyl groups is 2. The van der Waals surface area contributed by atoms with E-state index in [2.05, 4.69) is 22.8 Å². The molecule has 0 bridgehead atoms. The summed E-state index contributed by atoms with van der Waals surface area (Å²) >= 11 is 4.60. The summed E-state index contributed by atoms with van der Waals surface area (Å²) in [5.74, 6) is 0.670. The fraction of sp³-hybridized carbons (Fsp3) is 0.154. The second-order valence-corrected chi connectivity index (χ2v) is 8.38. The van der Waals surface area contributed by atoms with Crippen molar-refractivity contribution >= 4 is 24.6 Å². The van der Waals surface area contributed by atoms with Gasteiger partial charge in [0.15, 0.2) is 0 Å². The Morgan fingerprint density at radius 3 is 2.29 bits per heavy atom. The molecule has 0 fully saturated rings. The quantitative estimate of drug-likeness (QED) is 0.240. The summed E-state index contributed by atoms with van der Waals surface area (Å²) in [6.07, 6.45) is 1.43. The van der Waals surface area contributed by atoms with Crippen LogP contribution in [-0.2, 0) is 6.42 Å². The molecule has 4 aromatic rings. The average Bonchev–Trinajstić information content (AvgIpc) is 2.85. The van der Waals surface area contributed by atoms with Gasteiger partial charge >= 0.3 is 0 Å². The minimum Gasteiger partial charge on any atom is -0.508 e. The SMILES string of the molecule is Nc1nc(-c2cc(-c3ccc(O)cc3)ccc2O)cc(N(S)[C@@H](CO)CCc2ccccc2)n1. The van der Waals surface area contributed by atoms with Crippen molar-refractivity contribution in [2.45, 2.75) is 18.9 Å². The van der Waals surface area contributed by atoms with Gasteiger partial charge in [0.1, 0.15) is 17.3 Å². The molecule has 0 spiro atoms. The van der Waals surface area contributed by atoms with Crippen molar-refractivity contribution < 1.29 is 15.3 Å². The van der Waals surface area contributed by atoms with Gasteiger partial charge in [-0.2, -0.15) is 4.98 Å². The van der Waals surface area contributed by atoms with Crippen LogP contribution in [0.1, 0.15) is 12.0 Å². The first-order chi connectivity index (χ1) is 16.4. The molecule has 174 valence electrons. The van der Waals surface area contributed by atoms with Crippen LogP contribution in [0.4, 0.5) is 11.8 Å². The minimum absolute atomic E-state index is 0.0285. The van der Waals surface area contributed by atoms with E-state index in [9.17, 15) is 15.3 Å². The number of aliphatic hydroxyl groups excluding tert-OH is 1. The summed E-state index contributed by atoms with van der Waals surface area (Å²) in [5.41, 5.74) is 9.79. The number of nitrogens with two attached hydrogens (primary N) is 1. The van der Waals surface area contributed by atoms with E-state index >= 15 is 0 Å². The lowest BCUT2D eigenvalue weighted by Crippen LogP contribution is -2.32. The number of nitrogen functional groups attached to an aromatic ring is 1. The number of aliphatic hydroxyl groups is 1. The molecule has 0 radical (unpaired) electrons. The summed E-state index contributed by atoms with van der Waals surface area (Å²) in [5, 5.41) is 30.1. The third-order valence-electron chi connectivity index (χ3n) is 5.60. The van der Waals surface area contributed by atoms with Crippen LogP contribution < -0.4 is 10.0 Å². The molecule has 5 N–H and O–H groups in total. The summed E-state index contributed by atoms with van der Waals surface area (Å²) in [6.45, 7) is -0.114. The van der Waals surface area contributed by atoms with E-state index in [-0.39, 0.29) is 30.1 Å². The number of benzene rings is 3. The summed E-state index contributed by atoms with van der Waals surface area (Å²) in [7, 11) is 0. The van der Waals surface area contributed by atoms with E-state index in [4.69, 9.17) is 5.73 Å². The number of hydrogen-bond donors (Lipinski definition) is 5. The molecule has 3 aromatic carbocycles. The lowest BCUT2D eigenvalue weighted by atomic mass is 10.0. The maximum Gasteiger partial charge on any atom is 0.222 e. The summed E-state index contributed by atoms with van der Waals surface area (Å²) < 4.78 is 1.59. The Labute approximate surface area is 203 Å². The zero-order chi connectivity index (χ0) is 24.1. The van der Waals surface area contributed by atoms with E-state index in [1.807, 2.05) is 30.3 Å². The van der Waals surface area contributed by atoms with Crippen molar-refractivity contribution in [3.05, 3.63) is 84.4 Å². The van der Waals surface area contributed by atoms with Gasteiger partial charge in [-0.15, -0.1) is 0 Å². The van der Waals surface area contributed by atoms with Gasteiger partial charge in [-0.1, -0.05) is 61.3 Å². The highest BCUT2D eigenvalue weighted by Crippen LogP contribution is 2.35. The van der Waals surface area contributed by atoms with Gasteiger partial charge in [0.05, 0.1) is 18.3 Å². The number of nitrogens with zero attached hydrogens (tertiary/aromatic N) is 3. The van der Waals surface area contributed by atoms with Crippen LogP contribution >= 0.6 is 12.8 Å². The maximum absolute atomic E-state index is 10.6. The lowest BCUT2D eigenvalue weighted by molar-refractivity contribution is 0.263. The number of anilines is 2. The van der Waals surface area contributed by atoms with Crippen molar-refractivity contribution in [2.75, 3.05) is 16.6 Å². The predicted molar refractivity (Wildman–Crippen MR) is 138 cm³/mol. The van der Waals surface area contributed by atoms with Gasteiger partial charge in [-0.25, -0.2) is 4.98 Å². The molecule has 0 saturated carbocycles. The lowest BCUT2D eigenvalue weighted by Gasteiger charge is -2.26. The molecular formula is C26H26N4O3S. The topological polar surface area (TPSA) is 116 Å². The Hall–Kier alpha value is -3.75. The molecule has 1 heterocycles. The van der Waals surface area contributed by atoms with Crippen molar-refractivity contribution in [1.29, 1.82) is 0 Å². The molecule has 0 saturated heterocycles. The smallest absolute Gasteiger partial charge is 0.222 e. The molecule has 0 unspecified atom stereocenters. The second kappa shape index (κ2) is 10.5. The van der Waals surface area contributed by atoms with E-state index in [0.29, 0.717) is 23.5 Å². The van der Waals surface area contributed by atoms with Gasteiger partial charge in [0, 0.05) is 11.6 Å². The number of aryl methyl sites for hydroxylation is 1. The van der Waals surface area contributed by atoms with E-state index < -0.39 is 0 Å². The van der Waals surface area contributed by atoms with Crippen molar-refractivity contribution in [3.63, 3.8) is 0 Å². The van der Waals surface area contributed by atoms with Crippen LogP contribution in [0.25, 0.3) is 22.4 Å². The molecule has 34 heavy (non-hydrogen) atoms. The largest absolute Gasteiger partial charge is 0.508 e. The number of aromatic nitrogens is 2. The molecule has 0 aliphatic carbocycles. The summed E-state index contributed by atoms with van der Waals surface area (Å²) in [4.78, 5) is 8.62. The van der Waals surface area contributed by atoms with Crippen LogP contribution in [0.15, 0.2) is 78.9 Å². The fourth-order valence-corrected chi connectivity index (χ4v) is 4.03. The standard InChI is InChI=1S/C26H26N4O3S/c27-26-28-23(22-14-19(9-13-24(22)33)18-7-11-21(32)12-8-18)15-25(29-26)30(34)20(16-31)10-6-17-4-2-1-3-5-17/h1-5,7-9,11-15,20,31-34H,6,10,16H2,(H2,27,28,29)/t20-/m1/s1. The van der Waals surface area contributed by atoms with E-state index in [0.717, 1.165) is 17.5 Å². The van der Waals surface area contributed by atoms with Crippen LogP contribution in [0.3, 0.4) is 0 Å². The fourth-order valence-electron chi connectivity index (χ4n) is 3.74. The van der Waals surface area contributed by atoms with Gasteiger partial charge in [-0.05, 0) is 53.8 Å². The highest BCUT2D eigenvalue weighted by atomic mass is 32.1. The summed E-state index contributed by atoms with van der Waals surface area (Å²) in [6, 6.07) is 23.4.